The molecule has 1 N–H and O–H groups in total. The Bertz CT molecular complexity index is 450. The fourth-order valence-electron chi connectivity index (χ4n) is 1.02. The molecule has 0 aromatic carbocycles. The summed E-state index contributed by atoms with van der Waals surface area (Å²) in [4.78, 5) is 3.72. The van der Waals surface area contributed by atoms with Crippen molar-refractivity contribution in [2.24, 2.45) is 0 Å². The van der Waals surface area contributed by atoms with Gasteiger partial charge < -0.3 is 0 Å². The van der Waals surface area contributed by atoms with E-state index in [1.165, 1.54) is 17.8 Å². The molecule has 0 bridgehead atoms. The number of H-pyrrole nitrogens is 1. The molecule has 0 spiro atoms. The molecule has 0 amide bonds. The van der Waals surface area contributed by atoms with Crippen molar-refractivity contribution in [1.29, 1.82) is 0 Å². The number of hydrogen-bond acceptors (Lipinski definition) is 3. The quantitative estimate of drug-likeness (QED) is 0.884. The van der Waals surface area contributed by atoms with E-state index in [1.54, 1.807) is 12.3 Å². The maximum atomic E-state index is 12.2. The second kappa shape index (κ2) is 4.17. The van der Waals surface area contributed by atoms with E-state index < -0.39 is 11.7 Å². The molecule has 2 rings (SSSR count). The molecular formula is C9H6F3N3S. The summed E-state index contributed by atoms with van der Waals surface area (Å²) in [6.45, 7) is 0. The lowest BCUT2D eigenvalue weighted by Gasteiger charge is -2.05. The van der Waals surface area contributed by atoms with Gasteiger partial charge in [-0.05, 0) is 18.2 Å². The van der Waals surface area contributed by atoms with Crippen LogP contribution in [0.4, 0.5) is 13.2 Å². The number of aromatic nitrogens is 3. The normalized spacial score (nSPS) is 11.7. The molecular weight excluding hydrogens is 239 g/mol. The summed E-state index contributed by atoms with van der Waals surface area (Å²) in [6, 6.07) is 4.05. The van der Waals surface area contributed by atoms with Gasteiger partial charge in [-0.1, -0.05) is 11.8 Å². The van der Waals surface area contributed by atoms with Crippen LogP contribution in [0, 0.1) is 0 Å². The first-order valence-electron chi connectivity index (χ1n) is 4.26. The molecule has 2 aromatic heterocycles. The Morgan fingerprint density at radius 1 is 1.19 bits per heavy atom. The molecule has 3 nitrogen and oxygen atoms in total. The third-order valence-electron chi connectivity index (χ3n) is 1.75. The molecule has 0 aliphatic rings. The Balaban J connectivity index is 2.14. The fraction of sp³-hybridized carbons (Fsp3) is 0.111. The van der Waals surface area contributed by atoms with Crippen molar-refractivity contribution >= 4 is 11.8 Å². The van der Waals surface area contributed by atoms with Crippen LogP contribution in [-0.4, -0.2) is 15.2 Å². The molecule has 84 valence electrons. The lowest BCUT2D eigenvalue weighted by molar-refractivity contribution is -0.137. The zero-order valence-corrected chi connectivity index (χ0v) is 8.64. The second-order valence-electron chi connectivity index (χ2n) is 2.91. The highest BCUT2D eigenvalue weighted by Gasteiger charge is 2.30. The molecule has 0 radical (unpaired) electrons. The lowest BCUT2D eigenvalue weighted by atomic mass is 10.3. The van der Waals surface area contributed by atoms with Crippen LogP contribution in [0.2, 0.25) is 0 Å². The second-order valence-corrected chi connectivity index (χ2v) is 3.97. The van der Waals surface area contributed by atoms with E-state index in [9.17, 15) is 13.2 Å². The molecule has 0 fully saturated rings. The predicted octanol–water partition coefficient (Wildman–Crippen LogP) is 2.97. The maximum absolute atomic E-state index is 12.2. The van der Waals surface area contributed by atoms with E-state index in [1.807, 2.05) is 0 Å². The summed E-state index contributed by atoms with van der Waals surface area (Å²) in [5.41, 5.74) is -0.749. The van der Waals surface area contributed by atoms with Crippen LogP contribution < -0.4 is 0 Å². The van der Waals surface area contributed by atoms with Gasteiger partial charge in [-0.2, -0.15) is 18.3 Å². The van der Waals surface area contributed by atoms with E-state index >= 15 is 0 Å². The Morgan fingerprint density at radius 3 is 2.50 bits per heavy atom. The van der Waals surface area contributed by atoms with Crippen LogP contribution in [0.3, 0.4) is 0 Å². The van der Waals surface area contributed by atoms with Gasteiger partial charge in [-0.15, -0.1) is 0 Å². The van der Waals surface area contributed by atoms with Crippen molar-refractivity contribution in [1.82, 2.24) is 15.2 Å². The number of nitrogens with one attached hydrogen (secondary N) is 1. The zero-order valence-electron chi connectivity index (χ0n) is 7.82. The van der Waals surface area contributed by atoms with Crippen molar-refractivity contribution in [3.05, 3.63) is 36.2 Å². The van der Waals surface area contributed by atoms with Gasteiger partial charge in [0.2, 0.25) is 0 Å². The summed E-state index contributed by atoms with van der Waals surface area (Å²) >= 11 is 1.22. The van der Waals surface area contributed by atoms with Crippen LogP contribution in [0.15, 0.2) is 40.6 Å². The zero-order chi connectivity index (χ0) is 11.6. The number of pyridine rings is 1. The van der Waals surface area contributed by atoms with E-state index in [-0.39, 0.29) is 0 Å². The molecule has 0 saturated heterocycles. The number of alkyl halides is 3. The van der Waals surface area contributed by atoms with Crippen molar-refractivity contribution < 1.29 is 13.2 Å². The molecule has 2 heterocycles. The molecule has 0 unspecified atom stereocenters. The highest BCUT2D eigenvalue weighted by molar-refractivity contribution is 7.99. The molecule has 0 atom stereocenters. The maximum Gasteiger partial charge on any atom is 0.417 e. The van der Waals surface area contributed by atoms with Crippen LogP contribution in [0.25, 0.3) is 0 Å². The van der Waals surface area contributed by atoms with E-state index in [4.69, 9.17) is 0 Å². The number of halogens is 3. The molecule has 0 saturated carbocycles. The van der Waals surface area contributed by atoms with Gasteiger partial charge in [0.05, 0.1) is 10.6 Å². The smallest absolute Gasteiger partial charge is 0.272 e. The number of nitrogens with zero attached hydrogens (tertiary/aromatic N) is 2. The minimum Gasteiger partial charge on any atom is -0.272 e. The molecule has 0 aliphatic carbocycles. The van der Waals surface area contributed by atoms with Gasteiger partial charge in [-0.3, -0.25) is 5.10 Å². The first kappa shape index (κ1) is 11.0. The molecule has 2 aromatic rings. The third kappa shape index (κ3) is 2.54. The average Bonchev–Trinajstić information content (AvgIpc) is 2.70. The van der Waals surface area contributed by atoms with Gasteiger partial charge in [-0.25, -0.2) is 4.98 Å². The summed E-state index contributed by atoms with van der Waals surface area (Å²) < 4.78 is 36.7. The minimum atomic E-state index is -4.34. The standard InChI is InChI=1S/C9H6F3N3S/c10-9(11,12)6-1-2-7(13-5-6)16-8-3-4-14-15-8/h1-5H,(H,14,15). The predicted molar refractivity (Wildman–Crippen MR) is 51.9 cm³/mol. The van der Waals surface area contributed by atoms with Gasteiger partial charge in [0.1, 0.15) is 5.03 Å². The van der Waals surface area contributed by atoms with E-state index in [0.717, 1.165) is 17.3 Å². The highest BCUT2D eigenvalue weighted by Crippen LogP contribution is 2.30. The van der Waals surface area contributed by atoms with Crippen LogP contribution in [0.1, 0.15) is 5.56 Å². The lowest BCUT2D eigenvalue weighted by Crippen LogP contribution is -2.04. The SMILES string of the molecule is FC(F)(F)c1ccc(Sc2ccn[nH]2)nc1. The third-order valence-corrected chi connectivity index (χ3v) is 2.65. The van der Waals surface area contributed by atoms with E-state index in [2.05, 4.69) is 15.2 Å². The van der Waals surface area contributed by atoms with Crippen molar-refractivity contribution in [3.8, 4) is 0 Å². The first-order chi connectivity index (χ1) is 7.55. The summed E-state index contributed by atoms with van der Waals surface area (Å²) in [5, 5.41) is 7.62. The summed E-state index contributed by atoms with van der Waals surface area (Å²) in [6.07, 6.45) is -1.96. The Kier molecular flexibility index (Phi) is 2.86. The van der Waals surface area contributed by atoms with Crippen LogP contribution in [-0.2, 0) is 6.18 Å². The number of hydrogen-bond donors (Lipinski definition) is 1. The van der Waals surface area contributed by atoms with Crippen LogP contribution in [0.5, 0.6) is 0 Å². The topological polar surface area (TPSA) is 41.6 Å². The van der Waals surface area contributed by atoms with Gasteiger partial charge in [0.25, 0.3) is 0 Å². The summed E-state index contributed by atoms with van der Waals surface area (Å²) in [7, 11) is 0. The molecule has 16 heavy (non-hydrogen) atoms. The largest absolute Gasteiger partial charge is 0.417 e. The number of rotatable bonds is 2. The first-order valence-corrected chi connectivity index (χ1v) is 5.08. The monoisotopic (exact) mass is 245 g/mol. The Hall–Kier alpha value is -1.50. The van der Waals surface area contributed by atoms with Gasteiger partial charge in [0, 0.05) is 12.4 Å². The van der Waals surface area contributed by atoms with Crippen molar-refractivity contribution in [2.45, 2.75) is 16.2 Å². The van der Waals surface area contributed by atoms with Crippen molar-refractivity contribution in [3.63, 3.8) is 0 Å². The Labute approximate surface area is 93.1 Å². The van der Waals surface area contributed by atoms with Crippen LogP contribution >= 0.6 is 11.8 Å². The van der Waals surface area contributed by atoms with Gasteiger partial charge in [0.15, 0.2) is 0 Å². The van der Waals surface area contributed by atoms with Gasteiger partial charge >= 0.3 is 6.18 Å². The Morgan fingerprint density at radius 2 is 2.00 bits per heavy atom. The highest BCUT2D eigenvalue weighted by atomic mass is 32.2. The molecule has 7 heteroatoms. The molecule has 0 aliphatic heterocycles. The fourth-order valence-corrected chi connectivity index (χ4v) is 1.72. The summed E-state index contributed by atoms with van der Waals surface area (Å²) in [5.74, 6) is 0. The van der Waals surface area contributed by atoms with Crippen molar-refractivity contribution in [2.75, 3.05) is 0 Å². The van der Waals surface area contributed by atoms with E-state index in [0.29, 0.717) is 5.03 Å². The minimum absolute atomic E-state index is 0.484. The number of aromatic amines is 1. The average molecular weight is 245 g/mol.